The Bertz CT molecular complexity index is 352. The van der Waals surface area contributed by atoms with E-state index >= 15 is 0 Å². The third kappa shape index (κ3) is 2.53. The lowest BCUT2D eigenvalue weighted by Crippen LogP contribution is -2.10. The van der Waals surface area contributed by atoms with Gasteiger partial charge in [-0.3, -0.25) is 4.79 Å². The first-order valence-electron chi connectivity index (χ1n) is 4.69. The second kappa shape index (κ2) is 5.46. The number of halogens is 1. The molecule has 15 heavy (non-hydrogen) atoms. The average molecular weight is 211 g/mol. The highest BCUT2D eigenvalue weighted by Crippen LogP contribution is 2.24. The van der Waals surface area contributed by atoms with Crippen molar-refractivity contribution in [1.82, 2.24) is 0 Å². The Kier molecular flexibility index (Phi) is 4.24. The molecule has 1 rings (SSSR count). The van der Waals surface area contributed by atoms with E-state index in [1.165, 1.54) is 7.11 Å². The first kappa shape index (κ1) is 11.7. The van der Waals surface area contributed by atoms with Gasteiger partial charge in [0, 0.05) is 17.5 Å². The van der Waals surface area contributed by atoms with Crippen molar-refractivity contribution in [2.45, 2.75) is 13.1 Å². The van der Waals surface area contributed by atoms with Crippen LogP contribution in [0.2, 0.25) is 0 Å². The van der Waals surface area contributed by atoms with Gasteiger partial charge in [0.15, 0.2) is 5.78 Å². The molecular weight excluding hydrogens is 197 g/mol. The molecular formula is C11H14FNO2. The number of rotatable bonds is 5. The lowest BCUT2D eigenvalue weighted by Gasteiger charge is -2.09. The molecule has 2 N–H and O–H groups in total. The minimum Gasteiger partial charge on any atom is -0.496 e. The molecule has 0 saturated carbocycles. The summed E-state index contributed by atoms with van der Waals surface area (Å²) in [6, 6.07) is 4.89. The summed E-state index contributed by atoms with van der Waals surface area (Å²) in [4.78, 5) is 11.6. The molecule has 0 unspecified atom stereocenters. The topological polar surface area (TPSA) is 52.3 Å². The van der Waals surface area contributed by atoms with Crippen LogP contribution >= 0.6 is 0 Å². The van der Waals surface area contributed by atoms with Crippen LogP contribution in [0.15, 0.2) is 18.2 Å². The lowest BCUT2D eigenvalue weighted by atomic mass is 10.0. The zero-order valence-corrected chi connectivity index (χ0v) is 8.63. The van der Waals surface area contributed by atoms with Gasteiger partial charge in [-0.15, -0.1) is 0 Å². The fraction of sp³-hybridized carbons (Fsp3) is 0.364. The summed E-state index contributed by atoms with van der Waals surface area (Å²) in [5.74, 6) is 0.254. The van der Waals surface area contributed by atoms with Crippen LogP contribution in [-0.2, 0) is 6.67 Å². The molecule has 0 aliphatic carbocycles. The van der Waals surface area contributed by atoms with E-state index in [-0.39, 0.29) is 18.7 Å². The minimum atomic E-state index is -0.713. The van der Waals surface area contributed by atoms with E-state index in [4.69, 9.17) is 10.5 Å². The molecule has 0 aromatic heterocycles. The number of carbonyl (C=O) groups is 1. The van der Waals surface area contributed by atoms with Crippen molar-refractivity contribution in [2.24, 2.45) is 5.73 Å². The number of carbonyl (C=O) groups excluding carboxylic acids is 1. The van der Waals surface area contributed by atoms with Crippen molar-refractivity contribution in [3.05, 3.63) is 29.3 Å². The van der Waals surface area contributed by atoms with Crippen molar-refractivity contribution in [1.29, 1.82) is 0 Å². The van der Waals surface area contributed by atoms with Crippen LogP contribution in [0.4, 0.5) is 4.39 Å². The zero-order valence-electron chi connectivity index (χ0n) is 8.63. The van der Waals surface area contributed by atoms with Crippen LogP contribution in [0.25, 0.3) is 0 Å². The largest absolute Gasteiger partial charge is 0.496 e. The van der Waals surface area contributed by atoms with Crippen LogP contribution in [0.3, 0.4) is 0 Å². The molecule has 0 fully saturated rings. The number of hydrogen-bond acceptors (Lipinski definition) is 3. The molecule has 3 nitrogen and oxygen atoms in total. The number of ketones is 1. The molecule has 0 aliphatic rings. The van der Waals surface area contributed by atoms with E-state index in [2.05, 4.69) is 0 Å². The summed E-state index contributed by atoms with van der Waals surface area (Å²) in [5, 5.41) is 0. The zero-order chi connectivity index (χ0) is 11.3. The fourth-order valence-electron chi connectivity index (χ4n) is 1.42. The van der Waals surface area contributed by atoms with E-state index in [0.29, 0.717) is 16.9 Å². The Labute approximate surface area is 88.0 Å². The second-order valence-corrected chi connectivity index (χ2v) is 3.08. The predicted molar refractivity (Wildman–Crippen MR) is 55.8 cm³/mol. The quantitative estimate of drug-likeness (QED) is 0.754. The molecule has 0 saturated heterocycles. The van der Waals surface area contributed by atoms with E-state index in [1.807, 2.05) is 0 Å². The van der Waals surface area contributed by atoms with Crippen molar-refractivity contribution >= 4 is 5.78 Å². The summed E-state index contributed by atoms with van der Waals surface area (Å²) in [6.45, 7) is -0.447. The van der Waals surface area contributed by atoms with Gasteiger partial charge < -0.3 is 10.5 Å². The monoisotopic (exact) mass is 211 g/mol. The van der Waals surface area contributed by atoms with Crippen LogP contribution in [0.1, 0.15) is 22.3 Å². The van der Waals surface area contributed by atoms with E-state index in [1.54, 1.807) is 18.2 Å². The van der Waals surface area contributed by atoms with Gasteiger partial charge in [-0.05, 0) is 12.6 Å². The lowest BCUT2D eigenvalue weighted by molar-refractivity contribution is 0.0983. The number of Topliss-reactive ketones (excluding diaryl/α,β-unsaturated/α-hetero) is 1. The Morgan fingerprint density at radius 1 is 1.53 bits per heavy atom. The highest BCUT2D eigenvalue weighted by Gasteiger charge is 2.14. The fourth-order valence-corrected chi connectivity index (χ4v) is 1.42. The highest BCUT2D eigenvalue weighted by atomic mass is 19.1. The van der Waals surface area contributed by atoms with Gasteiger partial charge in [0.1, 0.15) is 12.4 Å². The van der Waals surface area contributed by atoms with Crippen molar-refractivity contribution in [2.75, 3.05) is 13.7 Å². The van der Waals surface area contributed by atoms with Gasteiger partial charge in [0.25, 0.3) is 0 Å². The number of methoxy groups -OCH3 is 1. The molecule has 1 aromatic rings. The Hall–Kier alpha value is -1.42. The number of nitrogens with two attached hydrogens (primary N) is 1. The molecule has 4 heteroatoms. The molecule has 0 bridgehead atoms. The molecule has 0 atom stereocenters. The van der Waals surface area contributed by atoms with E-state index in [0.717, 1.165) is 0 Å². The van der Waals surface area contributed by atoms with Gasteiger partial charge in [0.2, 0.25) is 0 Å². The molecule has 82 valence electrons. The van der Waals surface area contributed by atoms with Gasteiger partial charge in [-0.25, -0.2) is 4.39 Å². The first-order valence-corrected chi connectivity index (χ1v) is 4.69. The Balaban J connectivity index is 3.11. The maximum Gasteiger partial charge on any atom is 0.164 e. The highest BCUT2D eigenvalue weighted by molar-refractivity contribution is 5.98. The molecule has 0 radical (unpaired) electrons. The third-order valence-corrected chi connectivity index (χ3v) is 2.16. The van der Waals surface area contributed by atoms with E-state index in [9.17, 15) is 9.18 Å². The molecule has 0 heterocycles. The molecule has 0 spiro atoms. The van der Waals surface area contributed by atoms with Crippen LogP contribution in [-0.4, -0.2) is 19.4 Å². The number of benzene rings is 1. The maximum absolute atomic E-state index is 12.8. The molecule has 1 aromatic carbocycles. The summed E-state index contributed by atoms with van der Waals surface area (Å²) in [6.07, 6.45) is 0.222. The maximum atomic E-state index is 12.8. The summed E-state index contributed by atoms with van der Waals surface area (Å²) in [5.41, 5.74) is 5.95. The predicted octanol–water partition coefficient (Wildman–Crippen LogP) is 1.70. The first-order chi connectivity index (χ1) is 7.24. The van der Waals surface area contributed by atoms with E-state index < -0.39 is 6.67 Å². The average Bonchev–Trinajstić information content (AvgIpc) is 2.28. The molecule has 0 aliphatic heterocycles. The van der Waals surface area contributed by atoms with Gasteiger partial charge in [0.05, 0.1) is 7.11 Å². The minimum absolute atomic E-state index is 0.149. The summed E-state index contributed by atoms with van der Waals surface area (Å²) < 4.78 is 17.8. The van der Waals surface area contributed by atoms with Crippen LogP contribution in [0.5, 0.6) is 5.75 Å². The smallest absolute Gasteiger partial charge is 0.164 e. The normalized spacial score (nSPS) is 10.1. The number of hydrogen-bond donors (Lipinski definition) is 1. The van der Waals surface area contributed by atoms with Crippen LogP contribution < -0.4 is 10.5 Å². The Morgan fingerprint density at radius 2 is 2.27 bits per heavy atom. The van der Waals surface area contributed by atoms with Crippen LogP contribution in [0, 0.1) is 0 Å². The van der Waals surface area contributed by atoms with Crippen molar-refractivity contribution in [3.63, 3.8) is 0 Å². The summed E-state index contributed by atoms with van der Waals surface area (Å²) >= 11 is 0. The number of alkyl halides is 1. The van der Waals surface area contributed by atoms with Gasteiger partial charge in [-0.2, -0.15) is 0 Å². The molecule has 0 amide bonds. The Morgan fingerprint density at radius 3 is 2.80 bits per heavy atom. The van der Waals surface area contributed by atoms with Crippen molar-refractivity contribution < 1.29 is 13.9 Å². The SMILES string of the molecule is COc1cccc(C(=O)CCN)c1CF. The second-order valence-electron chi connectivity index (χ2n) is 3.08. The summed E-state index contributed by atoms with van der Waals surface area (Å²) in [7, 11) is 1.45. The van der Waals surface area contributed by atoms with Gasteiger partial charge >= 0.3 is 0 Å². The van der Waals surface area contributed by atoms with Crippen molar-refractivity contribution in [3.8, 4) is 5.75 Å². The standard InChI is InChI=1S/C11H14FNO2/c1-15-11-4-2-3-8(9(11)7-12)10(14)5-6-13/h2-4H,5-7,13H2,1H3. The number of ether oxygens (including phenoxy) is 1. The van der Waals surface area contributed by atoms with Gasteiger partial charge in [-0.1, -0.05) is 12.1 Å². The third-order valence-electron chi connectivity index (χ3n) is 2.16.